The minimum absolute atomic E-state index is 0.000610. The predicted octanol–water partition coefficient (Wildman–Crippen LogP) is 4.87. The normalized spacial score (nSPS) is 12.0. The monoisotopic (exact) mass is 308 g/mol. The number of hydrogen-bond acceptors (Lipinski definition) is 3. The van der Waals surface area contributed by atoms with Crippen LogP contribution >= 0.6 is 11.6 Å². The number of halogens is 2. The van der Waals surface area contributed by atoms with Crippen molar-refractivity contribution in [3.8, 4) is 0 Å². The van der Waals surface area contributed by atoms with E-state index < -0.39 is 10.7 Å². The molecule has 0 aliphatic heterocycles. The van der Waals surface area contributed by atoms with Gasteiger partial charge in [-0.3, -0.25) is 10.1 Å². The molecule has 0 aromatic heterocycles. The van der Waals surface area contributed by atoms with Gasteiger partial charge in [0.25, 0.3) is 5.69 Å². The van der Waals surface area contributed by atoms with Crippen LogP contribution in [0.15, 0.2) is 36.4 Å². The molecular formula is C15H14ClFN2O2. The fraction of sp³-hybridized carbons (Fsp3) is 0.200. The number of anilines is 1. The van der Waals surface area contributed by atoms with Crippen LogP contribution in [0.5, 0.6) is 0 Å². The van der Waals surface area contributed by atoms with E-state index in [1.165, 1.54) is 18.2 Å². The molecule has 1 N–H and O–H groups in total. The van der Waals surface area contributed by atoms with Crippen LogP contribution in [0.25, 0.3) is 0 Å². The summed E-state index contributed by atoms with van der Waals surface area (Å²) in [6, 6.07) is 8.99. The zero-order valence-corrected chi connectivity index (χ0v) is 12.3. The maximum Gasteiger partial charge on any atom is 0.292 e. The summed E-state index contributed by atoms with van der Waals surface area (Å²) in [6.45, 7) is 3.68. The number of nitrogens with zero attached hydrogens (tertiary/aromatic N) is 1. The van der Waals surface area contributed by atoms with E-state index in [-0.39, 0.29) is 16.8 Å². The van der Waals surface area contributed by atoms with Gasteiger partial charge in [-0.1, -0.05) is 23.7 Å². The Morgan fingerprint density at radius 2 is 2.00 bits per heavy atom. The molecule has 2 rings (SSSR count). The van der Waals surface area contributed by atoms with Gasteiger partial charge in [0.2, 0.25) is 0 Å². The quantitative estimate of drug-likeness (QED) is 0.647. The fourth-order valence-corrected chi connectivity index (χ4v) is 2.21. The molecule has 1 unspecified atom stereocenters. The van der Waals surface area contributed by atoms with Crippen LogP contribution in [0.4, 0.5) is 15.8 Å². The van der Waals surface area contributed by atoms with Crippen molar-refractivity contribution in [1.29, 1.82) is 0 Å². The van der Waals surface area contributed by atoms with Gasteiger partial charge in [-0.25, -0.2) is 4.39 Å². The lowest BCUT2D eigenvalue weighted by Crippen LogP contribution is -2.08. The molecule has 0 radical (unpaired) electrons. The maximum absolute atomic E-state index is 13.2. The SMILES string of the molecule is Cc1ccc([N+](=O)[O-])c(NC(C)c2ccc(F)c(Cl)c2)c1. The lowest BCUT2D eigenvalue weighted by atomic mass is 10.1. The largest absolute Gasteiger partial charge is 0.373 e. The standard InChI is InChI=1S/C15H14ClFN2O2/c1-9-3-6-15(19(20)21)14(7-9)18-10(2)11-4-5-13(17)12(16)8-11/h3-8,10,18H,1-2H3. The van der Waals surface area contributed by atoms with Gasteiger partial charge in [0.1, 0.15) is 11.5 Å². The van der Waals surface area contributed by atoms with Crippen LogP contribution in [0.1, 0.15) is 24.1 Å². The van der Waals surface area contributed by atoms with Crippen molar-refractivity contribution in [2.75, 3.05) is 5.32 Å². The van der Waals surface area contributed by atoms with Crippen LogP contribution in [-0.2, 0) is 0 Å². The molecule has 0 fully saturated rings. The lowest BCUT2D eigenvalue weighted by molar-refractivity contribution is -0.384. The molecule has 0 bridgehead atoms. The van der Waals surface area contributed by atoms with Crippen molar-refractivity contribution in [2.24, 2.45) is 0 Å². The summed E-state index contributed by atoms with van der Waals surface area (Å²) >= 11 is 5.76. The van der Waals surface area contributed by atoms with Gasteiger partial charge in [-0.2, -0.15) is 0 Å². The summed E-state index contributed by atoms with van der Waals surface area (Å²) in [4.78, 5) is 10.6. The Bertz CT molecular complexity index is 691. The second-order valence-corrected chi connectivity index (χ2v) is 5.22. The summed E-state index contributed by atoms with van der Waals surface area (Å²) < 4.78 is 13.2. The van der Waals surface area contributed by atoms with Crippen molar-refractivity contribution in [1.82, 2.24) is 0 Å². The second-order valence-electron chi connectivity index (χ2n) is 4.82. The van der Waals surface area contributed by atoms with Gasteiger partial charge in [-0.05, 0) is 43.2 Å². The molecule has 0 saturated heterocycles. The molecule has 21 heavy (non-hydrogen) atoms. The molecular weight excluding hydrogens is 295 g/mol. The highest BCUT2D eigenvalue weighted by Gasteiger charge is 2.16. The Hall–Kier alpha value is -2.14. The summed E-state index contributed by atoms with van der Waals surface area (Å²) in [6.07, 6.45) is 0. The van der Waals surface area contributed by atoms with Crippen LogP contribution in [0.2, 0.25) is 5.02 Å². The number of nitro groups is 1. The summed E-state index contributed by atoms with van der Waals surface area (Å²) in [5, 5.41) is 14.1. The number of aryl methyl sites for hydroxylation is 1. The average molecular weight is 309 g/mol. The Labute approximate surface area is 126 Å². The van der Waals surface area contributed by atoms with E-state index in [0.717, 1.165) is 11.1 Å². The Balaban J connectivity index is 2.30. The van der Waals surface area contributed by atoms with E-state index >= 15 is 0 Å². The molecule has 4 nitrogen and oxygen atoms in total. The minimum Gasteiger partial charge on any atom is -0.373 e. The van der Waals surface area contributed by atoms with Crippen molar-refractivity contribution in [3.05, 3.63) is 68.5 Å². The zero-order chi connectivity index (χ0) is 15.6. The summed E-state index contributed by atoms with van der Waals surface area (Å²) in [5.41, 5.74) is 2.08. The van der Waals surface area contributed by atoms with Gasteiger partial charge in [0.05, 0.1) is 9.95 Å². The highest BCUT2D eigenvalue weighted by atomic mass is 35.5. The van der Waals surface area contributed by atoms with Crippen LogP contribution in [0, 0.1) is 22.9 Å². The highest BCUT2D eigenvalue weighted by molar-refractivity contribution is 6.30. The smallest absolute Gasteiger partial charge is 0.292 e. The number of nitro benzene ring substituents is 1. The first-order valence-electron chi connectivity index (χ1n) is 6.35. The Morgan fingerprint density at radius 3 is 2.62 bits per heavy atom. The van der Waals surface area contributed by atoms with Gasteiger partial charge < -0.3 is 5.32 Å². The van der Waals surface area contributed by atoms with Gasteiger partial charge in [-0.15, -0.1) is 0 Å². The van der Waals surface area contributed by atoms with E-state index in [1.807, 2.05) is 13.8 Å². The number of hydrogen-bond donors (Lipinski definition) is 1. The van der Waals surface area contributed by atoms with E-state index in [4.69, 9.17) is 11.6 Å². The summed E-state index contributed by atoms with van der Waals surface area (Å²) in [5.74, 6) is -0.492. The average Bonchev–Trinajstić information content (AvgIpc) is 2.41. The van der Waals surface area contributed by atoms with Crippen molar-refractivity contribution < 1.29 is 9.31 Å². The second kappa shape index (κ2) is 6.10. The lowest BCUT2D eigenvalue weighted by Gasteiger charge is -2.16. The van der Waals surface area contributed by atoms with Gasteiger partial charge in [0.15, 0.2) is 0 Å². The minimum atomic E-state index is -0.492. The molecule has 0 saturated carbocycles. The molecule has 0 aliphatic carbocycles. The zero-order valence-electron chi connectivity index (χ0n) is 11.6. The topological polar surface area (TPSA) is 55.2 Å². The third kappa shape index (κ3) is 3.49. The van der Waals surface area contributed by atoms with Crippen molar-refractivity contribution >= 4 is 23.0 Å². The van der Waals surface area contributed by atoms with Crippen molar-refractivity contribution in [2.45, 2.75) is 19.9 Å². The molecule has 2 aromatic rings. The number of benzene rings is 2. The first kappa shape index (κ1) is 15.3. The Morgan fingerprint density at radius 1 is 1.29 bits per heavy atom. The highest BCUT2D eigenvalue weighted by Crippen LogP contribution is 2.30. The van der Waals surface area contributed by atoms with E-state index in [0.29, 0.717) is 5.69 Å². The molecule has 0 aliphatic rings. The third-order valence-corrected chi connectivity index (χ3v) is 3.45. The molecule has 2 aromatic carbocycles. The van der Waals surface area contributed by atoms with Crippen molar-refractivity contribution in [3.63, 3.8) is 0 Å². The fourth-order valence-electron chi connectivity index (χ4n) is 2.02. The van der Waals surface area contributed by atoms with Gasteiger partial charge >= 0.3 is 0 Å². The Kier molecular flexibility index (Phi) is 4.43. The van der Waals surface area contributed by atoms with E-state index in [2.05, 4.69) is 5.32 Å². The predicted molar refractivity (Wildman–Crippen MR) is 81.3 cm³/mol. The molecule has 1 atom stereocenters. The molecule has 110 valence electrons. The van der Waals surface area contributed by atoms with E-state index in [9.17, 15) is 14.5 Å². The number of nitrogens with one attached hydrogen (secondary N) is 1. The van der Waals surface area contributed by atoms with Crippen LogP contribution in [0.3, 0.4) is 0 Å². The van der Waals surface area contributed by atoms with Crippen LogP contribution < -0.4 is 5.32 Å². The van der Waals surface area contributed by atoms with Gasteiger partial charge in [0, 0.05) is 12.1 Å². The first-order chi connectivity index (χ1) is 9.88. The molecule has 6 heteroatoms. The number of rotatable bonds is 4. The third-order valence-electron chi connectivity index (χ3n) is 3.16. The van der Waals surface area contributed by atoms with Crippen LogP contribution in [-0.4, -0.2) is 4.92 Å². The molecule has 0 amide bonds. The first-order valence-corrected chi connectivity index (χ1v) is 6.73. The molecule has 0 heterocycles. The molecule has 0 spiro atoms. The summed E-state index contributed by atoms with van der Waals surface area (Å²) in [7, 11) is 0. The maximum atomic E-state index is 13.2. The van der Waals surface area contributed by atoms with E-state index in [1.54, 1.807) is 18.2 Å².